The number of halogens is 1. The van der Waals surface area contributed by atoms with Gasteiger partial charge in [-0.2, -0.15) is 0 Å². The van der Waals surface area contributed by atoms with Crippen molar-refractivity contribution in [1.82, 2.24) is 10.2 Å². The summed E-state index contributed by atoms with van der Waals surface area (Å²) in [4.78, 5) is 37.8. The summed E-state index contributed by atoms with van der Waals surface area (Å²) in [6, 6.07) is 5.50. The number of urea groups is 1. The second kappa shape index (κ2) is 9.78. The summed E-state index contributed by atoms with van der Waals surface area (Å²) in [5, 5.41) is 2.92. The van der Waals surface area contributed by atoms with Crippen molar-refractivity contribution in [3.8, 4) is 11.5 Å². The van der Waals surface area contributed by atoms with Crippen LogP contribution in [0, 0.1) is 0 Å². The van der Waals surface area contributed by atoms with Crippen molar-refractivity contribution in [1.29, 1.82) is 0 Å². The number of nitrogens with zero attached hydrogens (tertiary/aromatic N) is 1. The van der Waals surface area contributed by atoms with Crippen molar-refractivity contribution in [2.24, 2.45) is 0 Å². The first-order valence-electron chi connectivity index (χ1n) is 9.83. The summed E-state index contributed by atoms with van der Waals surface area (Å²) in [5.74, 6) is -0.182. The molecule has 1 aliphatic rings. The number of amides is 3. The van der Waals surface area contributed by atoms with Gasteiger partial charge in [-0.15, -0.1) is 0 Å². The lowest BCUT2D eigenvalue weighted by atomic mass is 10.1. The van der Waals surface area contributed by atoms with Gasteiger partial charge in [0.05, 0.1) is 26.9 Å². The lowest BCUT2D eigenvalue weighted by Crippen LogP contribution is -2.30. The molecule has 2 heterocycles. The smallest absolute Gasteiger partial charge is 0.373 e. The number of imide groups is 1. The highest BCUT2D eigenvalue weighted by Gasteiger charge is 2.35. The van der Waals surface area contributed by atoms with Crippen LogP contribution in [0.4, 0.5) is 4.79 Å². The van der Waals surface area contributed by atoms with Crippen molar-refractivity contribution >= 4 is 35.6 Å². The third-order valence-electron chi connectivity index (χ3n) is 4.79. The van der Waals surface area contributed by atoms with Gasteiger partial charge < -0.3 is 23.9 Å². The first kappa shape index (κ1) is 23.2. The average Bonchev–Trinajstić information content (AvgIpc) is 3.35. The number of ether oxygens (including phenoxy) is 3. The fourth-order valence-electron chi connectivity index (χ4n) is 2.96. The third kappa shape index (κ3) is 4.88. The van der Waals surface area contributed by atoms with Crippen molar-refractivity contribution < 1.29 is 33.0 Å². The third-order valence-corrected chi connectivity index (χ3v) is 5.00. The molecular formula is C22H23ClN2O7. The molecule has 1 atom stereocenters. The van der Waals surface area contributed by atoms with Crippen LogP contribution in [-0.2, 0) is 16.1 Å². The number of furan rings is 1. The Kier molecular flexibility index (Phi) is 7.09. The summed E-state index contributed by atoms with van der Waals surface area (Å²) in [6.45, 7) is 3.72. The summed E-state index contributed by atoms with van der Waals surface area (Å²) < 4.78 is 21.3. The van der Waals surface area contributed by atoms with Crippen LogP contribution in [0.1, 0.15) is 42.1 Å². The highest BCUT2D eigenvalue weighted by Crippen LogP contribution is 2.37. The molecule has 1 fully saturated rings. The lowest BCUT2D eigenvalue weighted by molar-refractivity contribution is -0.123. The predicted octanol–water partition coefficient (Wildman–Crippen LogP) is 4.00. The zero-order chi connectivity index (χ0) is 23.4. The van der Waals surface area contributed by atoms with Crippen LogP contribution in [-0.4, -0.2) is 43.1 Å². The number of benzene rings is 1. The standard InChI is InChI=1S/C22H23ClN2O7/c1-5-12(2)31-19-13(8-14(23)10-18(19)29-3)9-16-20(26)25(22(28)24-16)11-15-6-7-17(32-15)21(27)30-4/h6-10,12H,5,11H2,1-4H3,(H,24,28)/b16-9+/t12-/m1/s1. The molecule has 9 nitrogen and oxygen atoms in total. The number of rotatable bonds is 8. The van der Waals surface area contributed by atoms with E-state index >= 15 is 0 Å². The van der Waals surface area contributed by atoms with Gasteiger partial charge in [-0.25, -0.2) is 9.59 Å². The molecule has 1 aromatic carbocycles. The minimum Gasteiger partial charge on any atom is -0.493 e. The van der Waals surface area contributed by atoms with Crippen molar-refractivity contribution in [2.45, 2.75) is 32.9 Å². The van der Waals surface area contributed by atoms with Gasteiger partial charge in [-0.3, -0.25) is 9.69 Å². The van der Waals surface area contributed by atoms with Crippen LogP contribution < -0.4 is 14.8 Å². The van der Waals surface area contributed by atoms with Crippen molar-refractivity contribution in [2.75, 3.05) is 14.2 Å². The fourth-order valence-corrected chi connectivity index (χ4v) is 3.17. The Morgan fingerprint density at radius 1 is 1.28 bits per heavy atom. The van der Waals surface area contributed by atoms with E-state index in [1.165, 1.54) is 32.4 Å². The molecule has 3 amide bonds. The largest absolute Gasteiger partial charge is 0.493 e. The maximum atomic E-state index is 12.9. The first-order chi connectivity index (χ1) is 15.3. The van der Waals surface area contributed by atoms with E-state index in [4.69, 9.17) is 25.5 Å². The van der Waals surface area contributed by atoms with Gasteiger partial charge in [0.1, 0.15) is 11.5 Å². The Morgan fingerprint density at radius 2 is 2.03 bits per heavy atom. The zero-order valence-corrected chi connectivity index (χ0v) is 18.8. The van der Waals surface area contributed by atoms with E-state index in [9.17, 15) is 14.4 Å². The number of methoxy groups -OCH3 is 2. The highest BCUT2D eigenvalue weighted by molar-refractivity contribution is 6.31. The number of nitrogens with one attached hydrogen (secondary N) is 1. The Bertz CT molecular complexity index is 1080. The molecule has 0 radical (unpaired) electrons. The van der Waals surface area contributed by atoms with Crippen molar-refractivity contribution in [3.63, 3.8) is 0 Å². The molecule has 10 heteroatoms. The molecule has 0 aliphatic carbocycles. The second-order valence-electron chi connectivity index (χ2n) is 7.00. The van der Waals surface area contributed by atoms with Gasteiger partial charge in [-0.05, 0) is 37.6 Å². The van der Waals surface area contributed by atoms with E-state index in [0.717, 1.165) is 11.3 Å². The van der Waals surface area contributed by atoms with Gasteiger partial charge >= 0.3 is 12.0 Å². The summed E-state index contributed by atoms with van der Waals surface area (Å²) in [6.07, 6.45) is 2.12. The monoisotopic (exact) mass is 462 g/mol. The van der Waals surface area contributed by atoms with Gasteiger partial charge in [0.2, 0.25) is 5.76 Å². The molecule has 3 rings (SSSR count). The van der Waals surface area contributed by atoms with E-state index in [2.05, 4.69) is 10.1 Å². The summed E-state index contributed by atoms with van der Waals surface area (Å²) in [5.41, 5.74) is 0.513. The van der Waals surface area contributed by atoms with Crippen LogP contribution >= 0.6 is 11.6 Å². The van der Waals surface area contributed by atoms with E-state index in [0.29, 0.717) is 22.1 Å². The van der Waals surface area contributed by atoms with E-state index in [-0.39, 0.29) is 29.9 Å². The highest BCUT2D eigenvalue weighted by atomic mass is 35.5. The number of hydrogen-bond donors (Lipinski definition) is 1. The van der Waals surface area contributed by atoms with Gasteiger partial charge in [0.15, 0.2) is 11.5 Å². The Hall–Kier alpha value is -3.46. The molecule has 1 aliphatic heterocycles. The number of esters is 1. The van der Waals surface area contributed by atoms with E-state index in [1.54, 1.807) is 12.1 Å². The molecule has 2 aromatic rings. The minimum absolute atomic E-state index is 0.0248. The Labute approximate surface area is 189 Å². The summed E-state index contributed by atoms with van der Waals surface area (Å²) >= 11 is 6.20. The SMILES string of the molecule is CC[C@@H](C)Oc1c(/C=C2/NC(=O)N(Cc3ccc(C(=O)OC)o3)C2=O)cc(Cl)cc1OC. The van der Waals surface area contributed by atoms with Gasteiger partial charge in [0.25, 0.3) is 5.91 Å². The van der Waals surface area contributed by atoms with E-state index in [1.807, 2.05) is 13.8 Å². The van der Waals surface area contributed by atoms with Gasteiger partial charge in [0, 0.05) is 16.7 Å². The number of hydrogen-bond acceptors (Lipinski definition) is 7. The van der Waals surface area contributed by atoms with Crippen molar-refractivity contribution in [3.05, 3.63) is 52.1 Å². The number of carbonyl (C=O) groups excluding carboxylic acids is 3. The first-order valence-corrected chi connectivity index (χ1v) is 10.2. The van der Waals surface area contributed by atoms with E-state index < -0.39 is 17.9 Å². The molecule has 1 saturated heterocycles. The summed E-state index contributed by atoms with van der Waals surface area (Å²) in [7, 11) is 2.71. The molecule has 0 spiro atoms. The van der Waals surface area contributed by atoms with Gasteiger partial charge in [-0.1, -0.05) is 18.5 Å². The second-order valence-corrected chi connectivity index (χ2v) is 7.44. The molecule has 0 saturated carbocycles. The predicted molar refractivity (Wildman–Crippen MR) is 115 cm³/mol. The quantitative estimate of drug-likeness (QED) is 0.359. The Balaban J connectivity index is 1.89. The zero-order valence-electron chi connectivity index (χ0n) is 18.1. The molecule has 1 N–H and O–H groups in total. The number of carbonyl (C=O) groups is 3. The van der Waals surface area contributed by atoms with Crippen LogP contribution in [0.15, 0.2) is 34.4 Å². The van der Waals surface area contributed by atoms with Crippen LogP contribution in [0.25, 0.3) is 6.08 Å². The lowest BCUT2D eigenvalue weighted by Gasteiger charge is -2.18. The molecular weight excluding hydrogens is 440 g/mol. The molecule has 32 heavy (non-hydrogen) atoms. The minimum atomic E-state index is -0.655. The maximum absolute atomic E-state index is 12.9. The molecule has 170 valence electrons. The maximum Gasteiger partial charge on any atom is 0.373 e. The molecule has 1 aromatic heterocycles. The normalized spacial score (nSPS) is 15.7. The Morgan fingerprint density at radius 3 is 2.69 bits per heavy atom. The fraction of sp³-hybridized carbons (Fsp3) is 0.318. The topological polar surface area (TPSA) is 107 Å². The average molecular weight is 463 g/mol. The molecule has 0 unspecified atom stereocenters. The molecule has 0 bridgehead atoms. The van der Waals surface area contributed by atoms with Crippen LogP contribution in [0.5, 0.6) is 11.5 Å². The van der Waals surface area contributed by atoms with Crippen LogP contribution in [0.3, 0.4) is 0 Å². The van der Waals surface area contributed by atoms with Crippen LogP contribution in [0.2, 0.25) is 5.02 Å².